The number of hydrogen-bond donors (Lipinski definition) is 4. The molecular formula is C23H28N4O3. The predicted molar refractivity (Wildman–Crippen MR) is 120 cm³/mol. The van der Waals surface area contributed by atoms with E-state index >= 15 is 0 Å². The van der Waals surface area contributed by atoms with Crippen molar-refractivity contribution in [2.45, 2.75) is 40.0 Å². The lowest BCUT2D eigenvalue weighted by atomic mass is 10.1. The van der Waals surface area contributed by atoms with Crippen molar-refractivity contribution in [3.63, 3.8) is 0 Å². The Hall–Kier alpha value is -3.35. The lowest BCUT2D eigenvalue weighted by molar-refractivity contribution is -0.117. The summed E-state index contributed by atoms with van der Waals surface area (Å²) in [5, 5.41) is 11.8. The first-order valence-electron chi connectivity index (χ1n) is 10.2. The molecule has 3 amide bonds. The summed E-state index contributed by atoms with van der Waals surface area (Å²) in [5.74, 6) is -0.0947. The normalized spacial score (nSPS) is 12.8. The van der Waals surface area contributed by atoms with Gasteiger partial charge in [0.2, 0.25) is 17.7 Å². The summed E-state index contributed by atoms with van der Waals surface area (Å²) in [5.41, 5.74) is 4.57. The van der Waals surface area contributed by atoms with Crippen LogP contribution in [0.1, 0.15) is 37.3 Å². The molecule has 1 aliphatic carbocycles. The van der Waals surface area contributed by atoms with Crippen molar-refractivity contribution in [3.8, 4) is 0 Å². The molecule has 0 bridgehead atoms. The molecule has 1 fully saturated rings. The van der Waals surface area contributed by atoms with Crippen LogP contribution >= 0.6 is 0 Å². The maximum absolute atomic E-state index is 12.5. The second kappa shape index (κ2) is 9.43. The van der Waals surface area contributed by atoms with Crippen LogP contribution in [-0.2, 0) is 14.4 Å². The highest BCUT2D eigenvalue weighted by molar-refractivity contribution is 5.98. The standard InChI is InChI=1S/C23H28N4O3/c1-4-21(28)25-18-8-6-9-19(15(18)3)26-22(29)13-24-17-7-5-10-20(14(17)2)27-23(30)16-11-12-16/h5-10,16,24H,4,11-13H2,1-3H3,(H,25,28)(H,26,29)(H,27,30). The molecule has 7 heteroatoms. The van der Waals surface area contributed by atoms with Crippen molar-refractivity contribution in [2.75, 3.05) is 27.8 Å². The Labute approximate surface area is 176 Å². The molecule has 2 aromatic rings. The molecule has 0 unspecified atom stereocenters. The van der Waals surface area contributed by atoms with Crippen molar-refractivity contribution in [3.05, 3.63) is 47.5 Å². The highest BCUT2D eigenvalue weighted by Crippen LogP contribution is 2.31. The van der Waals surface area contributed by atoms with E-state index in [4.69, 9.17) is 0 Å². The molecule has 0 heterocycles. The zero-order chi connectivity index (χ0) is 21.7. The van der Waals surface area contributed by atoms with Crippen LogP contribution in [0, 0.1) is 19.8 Å². The van der Waals surface area contributed by atoms with Gasteiger partial charge in [-0.15, -0.1) is 0 Å². The number of hydrogen-bond acceptors (Lipinski definition) is 4. The smallest absolute Gasteiger partial charge is 0.243 e. The molecule has 0 radical (unpaired) electrons. The third-order valence-electron chi connectivity index (χ3n) is 5.18. The third kappa shape index (κ3) is 5.37. The van der Waals surface area contributed by atoms with E-state index in [9.17, 15) is 14.4 Å². The Morgan fingerprint density at radius 1 is 0.800 bits per heavy atom. The van der Waals surface area contributed by atoms with Crippen LogP contribution in [-0.4, -0.2) is 24.3 Å². The molecule has 0 saturated heterocycles. The van der Waals surface area contributed by atoms with Gasteiger partial charge in [0.1, 0.15) is 0 Å². The Kier molecular flexibility index (Phi) is 6.72. The maximum Gasteiger partial charge on any atom is 0.243 e. The molecular weight excluding hydrogens is 380 g/mol. The molecule has 30 heavy (non-hydrogen) atoms. The highest BCUT2D eigenvalue weighted by atomic mass is 16.2. The number of nitrogens with one attached hydrogen (secondary N) is 4. The minimum atomic E-state index is -0.205. The van der Waals surface area contributed by atoms with Crippen molar-refractivity contribution >= 4 is 40.5 Å². The minimum Gasteiger partial charge on any atom is -0.376 e. The lowest BCUT2D eigenvalue weighted by Crippen LogP contribution is -2.23. The van der Waals surface area contributed by atoms with Gasteiger partial charge in [0, 0.05) is 35.1 Å². The van der Waals surface area contributed by atoms with Gasteiger partial charge in [0.25, 0.3) is 0 Å². The molecule has 1 saturated carbocycles. The van der Waals surface area contributed by atoms with E-state index in [2.05, 4.69) is 21.3 Å². The van der Waals surface area contributed by atoms with Gasteiger partial charge in [-0.3, -0.25) is 14.4 Å². The Bertz CT molecular complexity index is 967. The summed E-state index contributed by atoms with van der Waals surface area (Å²) in [6.07, 6.45) is 2.29. The molecule has 0 atom stereocenters. The van der Waals surface area contributed by atoms with Crippen LogP contribution in [0.3, 0.4) is 0 Å². The quantitative estimate of drug-likeness (QED) is 0.529. The maximum atomic E-state index is 12.5. The number of amides is 3. The van der Waals surface area contributed by atoms with Crippen LogP contribution < -0.4 is 21.3 Å². The Morgan fingerprint density at radius 2 is 1.30 bits per heavy atom. The van der Waals surface area contributed by atoms with Gasteiger partial charge in [-0.25, -0.2) is 0 Å². The monoisotopic (exact) mass is 408 g/mol. The second-order valence-corrected chi connectivity index (χ2v) is 7.52. The molecule has 158 valence electrons. The zero-order valence-corrected chi connectivity index (χ0v) is 17.6. The summed E-state index contributed by atoms with van der Waals surface area (Å²) >= 11 is 0. The van der Waals surface area contributed by atoms with E-state index in [1.807, 2.05) is 38.1 Å². The third-order valence-corrected chi connectivity index (χ3v) is 5.18. The first-order valence-corrected chi connectivity index (χ1v) is 10.2. The van der Waals surface area contributed by atoms with Crippen molar-refractivity contribution < 1.29 is 14.4 Å². The van der Waals surface area contributed by atoms with E-state index in [0.717, 1.165) is 35.3 Å². The van der Waals surface area contributed by atoms with E-state index in [1.165, 1.54) is 0 Å². The van der Waals surface area contributed by atoms with Gasteiger partial charge in [0.05, 0.1) is 6.54 Å². The van der Waals surface area contributed by atoms with Crippen LogP contribution in [0.25, 0.3) is 0 Å². The van der Waals surface area contributed by atoms with E-state index < -0.39 is 0 Å². The van der Waals surface area contributed by atoms with Crippen LogP contribution in [0.4, 0.5) is 22.7 Å². The summed E-state index contributed by atoms with van der Waals surface area (Å²) in [7, 11) is 0. The van der Waals surface area contributed by atoms with Gasteiger partial charge in [0.15, 0.2) is 0 Å². The van der Waals surface area contributed by atoms with E-state index in [0.29, 0.717) is 17.8 Å². The number of carbonyl (C=O) groups is 3. The Balaban J connectivity index is 1.60. The Morgan fingerprint density at radius 3 is 1.87 bits per heavy atom. The molecule has 3 rings (SSSR count). The zero-order valence-electron chi connectivity index (χ0n) is 17.6. The SMILES string of the molecule is CCC(=O)Nc1cccc(NC(=O)CNc2cccc(NC(=O)C3CC3)c2C)c1C. The molecule has 0 aromatic heterocycles. The predicted octanol–water partition coefficient (Wildman–Crippen LogP) is 4.05. The average molecular weight is 409 g/mol. The second-order valence-electron chi connectivity index (χ2n) is 7.52. The number of rotatable bonds is 8. The summed E-state index contributed by atoms with van der Waals surface area (Å²) < 4.78 is 0. The largest absolute Gasteiger partial charge is 0.376 e. The number of anilines is 4. The first-order chi connectivity index (χ1) is 14.4. The molecule has 0 spiro atoms. The first kappa shape index (κ1) is 21.4. The van der Waals surface area contributed by atoms with Gasteiger partial charge in [-0.1, -0.05) is 19.1 Å². The average Bonchev–Trinajstić information content (AvgIpc) is 3.57. The topological polar surface area (TPSA) is 99.3 Å². The highest BCUT2D eigenvalue weighted by Gasteiger charge is 2.29. The summed E-state index contributed by atoms with van der Waals surface area (Å²) in [6.45, 7) is 5.62. The van der Waals surface area contributed by atoms with E-state index in [1.54, 1.807) is 19.1 Å². The van der Waals surface area contributed by atoms with Gasteiger partial charge in [-0.2, -0.15) is 0 Å². The fourth-order valence-electron chi connectivity index (χ4n) is 3.06. The van der Waals surface area contributed by atoms with Gasteiger partial charge >= 0.3 is 0 Å². The fraction of sp³-hybridized carbons (Fsp3) is 0.348. The lowest BCUT2D eigenvalue weighted by Gasteiger charge is -2.15. The van der Waals surface area contributed by atoms with Crippen LogP contribution in [0.5, 0.6) is 0 Å². The van der Waals surface area contributed by atoms with Crippen molar-refractivity contribution in [1.29, 1.82) is 0 Å². The summed E-state index contributed by atoms with van der Waals surface area (Å²) in [6, 6.07) is 11.0. The number of benzene rings is 2. The van der Waals surface area contributed by atoms with Gasteiger partial charge < -0.3 is 21.3 Å². The molecule has 2 aromatic carbocycles. The fourth-order valence-corrected chi connectivity index (χ4v) is 3.06. The molecule has 4 N–H and O–H groups in total. The van der Waals surface area contributed by atoms with E-state index in [-0.39, 0.29) is 30.2 Å². The van der Waals surface area contributed by atoms with Crippen LogP contribution in [0.2, 0.25) is 0 Å². The molecule has 7 nitrogen and oxygen atoms in total. The van der Waals surface area contributed by atoms with Crippen molar-refractivity contribution in [1.82, 2.24) is 0 Å². The minimum absolute atomic E-state index is 0.0542. The van der Waals surface area contributed by atoms with Crippen molar-refractivity contribution in [2.24, 2.45) is 5.92 Å². The van der Waals surface area contributed by atoms with Crippen LogP contribution in [0.15, 0.2) is 36.4 Å². The van der Waals surface area contributed by atoms with Gasteiger partial charge in [-0.05, 0) is 62.1 Å². The molecule has 0 aliphatic heterocycles. The molecule has 1 aliphatic rings. The summed E-state index contributed by atoms with van der Waals surface area (Å²) in [4.78, 5) is 36.2. The number of carbonyl (C=O) groups excluding carboxylic acids is 3.